The van der Waals surface area contributed by atoms with Gasteiger partial charge in [-0.3, -0.25) is 0 Å². The Morgan fingerprint density at radius 3 is 2.84 bits per heavy atom. The van der Waals surface area contributed by atoms with Crippen molar-refractivity contribution in [2.75, 3.05) is 0 Å². The molecule has 0 N–H and O–H groups in total. The molecule has 4 heteroatoms. The zero-order valence-electron chi connectivity index (χ0n) is 12.0. The normalized spacial score (nSPS) is 12.5. The van der Waals surface area contributed by atoms with E-state index in [2.05, 4.69) is 4.98 Å². The third kappa shape index (κ3) is 2.46. The highest BCUT2D eigenvalue weighted by Crippen LogP contribution is 2.19. The molecule has 2 nitrogen and oxygen atoms in total. The number of aromatic nitrogens is 2. The van der Waals surface area contributed by atoms with Crippen molar-refractivity contribution >= 4 is 34.2 Å². The fraction of sp³-hybridized carbons (Fsp3) is 0.133. The highest BCUT2D eigenvalue weighted by Gasteiger charge is 2.09. The Bertz CT molecular complexity index is 815. The summed E-state index contributed by atoms with van der Waals surface area (Å²) in [5.41, 5.74) is 2.56. The average Bonchev–Trinajstić information content (AvgIpc) is 2.86. The lowest BCUT2D eigenvalue weighted by atomic mass is 10.2. The maximum atomic E-state index is 8.04. The molecule has 0 unspecified atom stereocenters. The summed E-state index contributed by atoms with van der Waals surface area (Å²) in [6.45, 7) is 0.449. The Labute approximate surface area is 124 Å². The Balaban J connectivity index is 2.12. The van der Waals surface area contributed by atoms with Crippen LogP contribution >= 0.6 is 23.2 Å². The van der Waals surface area contributed by atoms with Gasteiger partial charge in [-0.05, 0) is 29.8 Å². The van der Waals surface area contributed by atoms with Gasteiger partial charge in [0.05, 0.1) is 19.7 Å². The van der Waals surface area contributed by atoms with Gasteiger partial charge in [0, 0.05) is 11.6 Å². The number of hydrogen-bond donors (Lipinski definition) is 0. The van der Waals surface area contributed by atoms with Crippen LogP contribution in [0.25, 0.3) is 11.0 Å². The first-order valence-corrected chi connectivity index (χ1v) is 6.77. The maximum Gasteiger partial charge on any atom is 0.125 e. The molecule has 0 spiro atoms. The maximum absolute atomic E-state index is 8.04. The van der Waals surface area contributed by atoms with Crippen molar-refractivity contribution in [3.8, 4) is 0 Å². The third-order valence-corrected chi connectivity index (χ3v) is 3.41. The monoisotopic (exact) mass is 292 g/mol. The minimum atomic E-state index is 0.0472. The first kappa shape index (κ1) is 10.3. The van der Waals surface area contributed by atoms with E-state index in [9.17, 15) is 0 Å². The van der Waals surface area contributed by atoms with E-state index in [4.69, 9.17) is 25.9 Å². The van der Waals surface area contributed by atoms with Crippen LogP contribution in [-0.4, -0.2) is 9.55 Å². The molecule has 19 heavy (non-hydrogen) atoms. The SMILES string of the molecule is [2H]c1c(Cl)ccc(Cn2c(CCl)nc3ccccc32)c1[2H]. The predicted octanol–water partition coefficient (Wildman–Crippen LogP) is 4.48. The number of alkyl halides is 1. The molecule has 0 aliphatic carbocycles. The second kappa shape index (κ2) is 5.24. The van der Waals surface area contributed by atoms with Crippen molar-refractivity contribution in [2.45, 2.75) is 12.4 Å². The van der Waals surface area contributed by atoms with E-state index in [-0.39, 0.29) is 17.1 Å². The van der Waals surface area contributed by atoms with Gasteiger partial charge in [-0.2, -0.15) is 0 Å². The Kier molecular flexibility index (Phi) is 2.84. The van der Waals surface area contributed by atoms with Crippen LogP contribution in [0.2, 0.25) is 5.02 Å². The Morgan fingerprint density at radius 1 is 1.16 bits per heavy atom. The minimum absolute atomic E-state index is 0.0472. The van der Waals surface area contributed by atoms with Gasteiger partial charge >= 0.3 is 0 Å². The van der Waals surface area contributed by atoms with E-state index in [1.54, 1.807) is 12.1 Å². The molecule has 96 valence electrons. The molecule has 3 aromatic rings. The molecule has 0 aliphatic rings. The smallest absolute Gasteiger partial charge is 0.125 e. The van der Waals surface area contributed by atoms with Crippen molar-refractivity contribution in [3.63, 3.8) is 0 Å². The van der Waals surface area contributed by atoms with Crippen molar-refractivity contribution in [1.29, 1.82) is 0 Å². The molecule has 2 aromatic carbocycles. The van der Waals surface area contributed by atoms with E-state index in [1.165, 1.54) is 0 Å². The average molecular weight is 293 g/mol. The van der Waals surface area contributed by atoms with Crippen LogP contribution in [-0.2, 0) is 12.4 Å². The van der Waals surface area contributed by atoms with Gasteiger partial charge in [0.15, 0.2) is 0 Å². The van der Waals surface area contributed by atoms with Gasteiger partial charge in [-0.25, -0.2) is 4.98 Å². The topological polar surface area (TPSA) is 17.8 Å². The fourth-order valence-corrected chi connectivity index (χ4v) is 2.38. The molecular formula is C15H12Cl2N2. The highest BCUT2D eigenvalue weighted by atomic mass is 35.5. The summed E-state index contributed by atoms with van der Waals surface area (Å²) in [5, 5.41) is 0.289. The van der Waals surface area contributed by atoms with Gasteiger partial charge < -0.3 is 4.57 Å². The van der Waals surface area contributed by atoms with Gasteiger partial charge in [0.1, 0.15) is 5.82 Å². The van der Waals surface area contributed by atoms with Crippen LogP contribution in [0, 0.1) is 0 Å². The summed E-state index contributed by atoms with van der Waals surface area (Å²) in [4.78, 5) is 4.49. The number of imidazole rings is 1. The van der Waals surface area contributed by atoms with Gasteiger partial charge in [-0.1, -0.05) is 35.8 Å². The van der Waals surface area contributed by atoms with Crippen LogP contribution in [0.5, 0.6) is 0 Å². The van der Waals surface area contributed by atoms with Gasteiger partial charge in [0.25, 0.3) is 0 Å². The lowest BCUT2D eigenvalue weighted by Crippen LogP contribution is -2.03. The number of para-hydroxylation sites is 2. The van der Waals surface area contributed by atoms with E-state index < -0.39 is 0 Å². The van der Waals surface area contributed by atoms with Crippen LogP contribution in [0.4, 0.5) is 0 Å². The molecule has 0 fully saturated rings. The van der Waals surface area contributed by atoms with E-state index in [1.807, 2.05) is 28.8 Å². The molecular weight excluding hydrogens is 279 g/mol. The van der Waals surface area contributed by atoms with Crippen LogP contribution in [0.1, 0.15) is 14.1 Å². The molecule has 0 saturated carbocycles. The molecule has 0 atom stereocenters. The zero-order valence-corrected chi connectivity index (χ0v) is 11.5. The van der Waals surface area contributed by atoms with E-state index >= 15 is 0 Å². The summed E-state index contributed by atoms with van der Waals surface area (Å²) >= 11 is 11.9. The molecule has 0 aliphatic heterocycles. The number of benzene rings is 2. The molecule has 0 bridgehead atoms. The zero-order chi connectivity index (χ0) is 15.0. The largest absolute Gasteiger partial charge is 0.322 e. The summed E-state index contributed by atoms with van der Waals surface area (Å²) < 4.78 is 17.8. The molecule has 1 aromatic heterocycles. The van der Waals surface area contributed by atoms with Crippen molar-refractivity contribution < 1.29 is 2.74 Å². The third-order valence-electron chi connectivity index (χ3n) is 2.95. The molecule has 1 heterocycles. The minimum Gasteiger partial charge on any atom is -0.322 e. The van der Waals surface area contributed by atoms with Gasteiger partial charge in [0.2, 0.25) is 0 Å². The highest BCUT2D eigenvalue weighted by molar-refractivity contribution is 6.30. The fourth-order valence-electron chi connectivity index (χ4n) is 2.06. The van der Waals surface area contributed by atoms with Crippen LogP contribution in [0.3, 0.4) is 0 Å². The van der Waals surface area contributed by atoms with Gasteiger partial charge in [-0.15, -0.1) is 11.6 Å². The van der Waals surface area contributed by atoms with Crippen LogP contribution < -0.4 is 0 Å². The standard InChI is InChI=1S/C15H12Cl2N2/c16-9-15-18-13-3-1-2-4-14(13)19(15)10-11-5-7-12(17)8-6-11/h1-8H,9-10H2/i5D,7D. The Hall–Kier alpha value is -1.51. The van der Waals surface area contributed by atoms with E-state index in [0.29, 0.717) is 12.4 Å². The lowest BCUT2D eigenvalue weighted by molar-refractivity contribution is 0.779. The molecule has 0 amide bonds. The summed E-state index contributed by atoms with van der Waals surface area (Å²) in [6.07, 6.45) is 0. The first-order chi connectivity index (χ1) is 10.1. The molecule has 3 rings (SSSR count). The summed E-state index contributed by atoms with van der Waals surface area (Å²) in [5.74, 6) is 1.04. The number of halogens is 2. The summed E-state index contributed by atoms with van der Waals surface area (Å²) in [6, 6.07) is 11.4. The summed E-state index contributed by atoms with van der Waals surface area (Å²) in [7, 11) is 0. The first-order valence-electron chi connectivity index (χ1n) is 6.86. The second-order valence-corrected chi connectivity index (χ2v) is 4.87. The van der Waals surface area contributed by atoms with Crippen molar-refractivity contribution in [1.82, 2.24) is 9.55 Å². The quantitative estimate of drug-likeness (QED) is 0.651. The lowest BCUT2D eigenvalue weighted by Gasteiger charge is -2.08. The molecule has 0 saturated heterocycles. The Morgan fingerprint density at radius 2 is 2.00 bits per heavy atom. The van der Waals surface area contributed by atoms with Crippen LogP contribution in [0.15, 0.2) is 48.5 Å². The number of rotatable bonds is 3. The molecule has 0 radical (unpaired) electrons. The van der Waals surface area contributed by atoms with Crippen molar-refractivity contribution in [2.24, 2.45) is 0 Å². The number of nitrogens with zero attached hydrogens (tertiary/aromatic N) is 2. The number of hydrogen-bond acceptors (Lipinski definition) is 1. The second-order valence-electron chi connectivity index (χ2n) is 4.19. The number of fused-ring (bicyclic) bond motifs is 1. The van der Waals surface area contributed by atoms with Crippen molar-refractivity contribution in [3.05, 3.63) is 64.9 Å². The predicted molar refractivity (Wildman–Crippen MR) is 79.8 cm³/mol. The van der Waals surface area contributed by atoms with E-state index in [0.717, 1.165) is 22.4 Å².